The minimum Gasteiger partial charge on any atom is -0.463 e. The Morgan fingerprint density at radius 2 is 1.27 bits per heavy atom. The maximum atomic E-state index is 11.7. The van der Waals surface area contributed by atoms with Gasteiger partial charge in [0.15, 0.2) is 0 Å². The average molecular weight is 425 g/mol. The molecule has 5 heteroatoms. The van der Waals surface area contributed by atoms with Crippen molar-refractivity contribution in [3.8, 4) is 0 Å². The standard InChI is InChI=1S/C25H44O5/c1-3-5-7-8-9-10-11-12-13-14-15-16-18-20-25(28)30-22-23(26)21-29-24(27)19-17-6-4-2/h4,6,17,19,23,26H,3,5,7-16,18,20-22H2,1-2H3/b6-4+,19-17+/t23-/m0/s1. The van der Waals surface area contributed by atoms with Gasteiger partial charge in [0.1, 0.15) is 19.3 Å². The lowest BCUT2D eigenvalue weighted by atomic mass is 10.0. The van der Waals surface area contributed by atoms with Crippen molar-refractivity contribution in [3.63, 3.8) is 0 Å². The van der Waals surface area contributed by atoms with Crippen LogP contribution in [0, 0.1) is 0 Å². The van der Waals surface area contributed by atoms with Crippen LogP contribution in [0.3, 0.4) is 0 Å². The Morgan fingerprint density at radius 1 is 0.767 bits per heavy atom. The van der Waals surface area contributed by atoms with Crippen LogP contribution in [0.1, 0.15) is 104 Å². The van der Waals surface area contributed by atoms with Crippen molar-refractivity contribution in [1.82, 2.24) is 0 Å². The number of hydrogen-bond donors (Lipinski definition) is 1. The smallest absolute Gasteiger partial charge is 0.330 e. The molecule has 0 radical (unpaired) electrons. The molecule has 0 aromatic heterocycles. The van der Waals surface area contributed by atoms with Gasteiger partial charge in [-0.1, -0.05) is 102 Å². The SMILES string of the molecule is C/C=C/C=C/C(=O)OC[C@H](O)COC(=O)CCCCCCCCCCCCCCC. The van der Waals surface area contributed by atoms with Gasteiger partial charge in [0.05, 0.1) is 0 Å². The molecule has 0 fully saturated rings. The topological polar surface area (TPSA) is 72.8 Å². The van der Waals surface area contributed by atoms with E-state index in [4.69, 9.17) is 9.47 Å². The van der Waals surface area contributed by atoms with E-state index in [1.807, 2.05) is 6.92 Å². The van der Waals surface area contributed by atoms with Crippen LogP contribution in [0.4, 0.5) is 0 Å². The van der Waals surface area contributed by atoms with Gasteiger partial charge in [-0.15, -0.1) is 0 Å². The molecule has 0 bridgehead atoms. The van der Waals surface area contributed by atoms with E-state index in [2.05, 4.69) is 6.92 Å². The zero-order valence-corrected chi connectivity index (χ0v) is 19.3. The summed E-state index contributed by atoms with van der Waals surface area (Å²) in [6.45, 7) is 3.75. The van der Waals surface area contributed by atoms with Gasteiger partial charge in [-0.3, -0.25) is 4.79 Å². The largest absolute Gasteiger partial charge is 0.463 e. The molecule has 0 aliphatic heterocycles. The fourth-order valence-electron chi connectivity index (χ4n) is 3.07. The van der Waals surface area contributed by atoms with Gasteiger partial charge in [-0.25, -0.2) is 4.79 Å². The van der Waals surface area contributed by atoms with Gasteiger partial charge in [0, 0.05) is 12.5 Å². The van der Waals surface area contributed by atoms with Crippen LogP contribution in [-0.2, 0) is 19.1 Å². The summed E-state index contributed by atoms with van der Waals surface area (Å²) >= 11 is 0. The molecule has 0 spiro atoms. The molecule has 0 aromatic rings. The number of ether oxygens (including phenoxy) is 2. The lowest BCUT2D eigenvalue weighted by Crippen LogP contribution is -2.24. The lowest BCUT2D eigenvalue weighted by Gasteiger charge is -2.11. The van der Waals surface area contributed by atoms with E-state index in [0.29, 0.717) is 6.42 Å². The van der Waals surface area contributed by atoms with Gasteiger partial charge < -0.3 is 14.6 Å². The maximum absolute atomic E-state index is 11.7. The lowest BCUT2D eigenvalue weighted by molar-refractivity contribution is -0.150. The molecular weight excluding hydrogens is 380 g/mol. The van der Waals surface area contributed by atoms with Crippen LogP contribution < -0.4 is 0 Å². The van der Waals surface area contributed by atoms with Gasteiger partial charge in [-0.2, -0.15) is 0 Å². The molecule has 0 rings (SSSR count). The summed E-state index contributed by atoms with van der Waals surface area (Å²) in [4.78, 5) is 23.0. The van der Waals surface area contributed by atoms with Crippen molar-refractivity contribution in [2.75, 3.05) is 13.2 Å². The Balaban J connectivity index is 3.43. The quantitative estimate of drug-likeness (QED) is 0.111. The van der Waals surface area contributed by atoms with E-state index in [1.165, 1.54) is 70.3 Å². The molecular formula is C25H44O5. The van der Waals surface area contributed by atoms with Gasteiger partial charge in [-0.05, 0) is 13.3 Å². The zero-order chi connectivity index (χ0) is 22.3. The first kappa shape index (κ1) is 28.4. The molecule has 0 aromatic carbocycles. The molecule has 0 saturated carbocycles. The summed E-state index contributed by atoms with van der Waals surface area (Å²) in [7, 11) is 0. The number of unbranched alkanes of at least 4 members (excludes halogenated alkanes) is 12. The molecule has 0 saturated heterocycles. The number of carbonyl (C=O) groups is 2. The van der Waals surface area contributed by atoms with Crippen molar-refractivity contribution < 1.29 is 24.2 Å². The molecule has 5 nitrogen and oxygen atoms in total. The van der Waals surface area contributed by atoms with Crippen molar-refractivity contribution in [1.29, 1.82) is 0 Å². The molecule has 1 atom stereocenters. The Hall–Kier alpha value is -1.62. The summed E-state index contributed by atoms with van der Waals surface area (Å²) in [5.74, 6) is -0.845. The molecule has 0 unspecified atom stereocenters. The highest BCUT2D eigenvalue weighted by Gasteiger charge is 2.10. The third-order valence-electron chi connectivity index (χ3n) is 4.88. The predicted molar refractivity (Wildman–Crippen MR) is 122 cm³/mol. The molecule has 174 valence electrons. The fourth-order valence-corrected chi connectivity index (χ4v) is 3.07. The second-order valence-corrected chi connectivity index (χ2v) is 7.84. The van der Waals surface area contributed by atoms with E-state index in [-0.39, 0.29) is 19.2 Å². The first-order valence-electron chi connectivity index (χ1n) is 11.9. The summed E-state index contributed by atoms with van der Waals surface area (Å²) in [5, 5.41) is 9.71. The first-order valence-corrected chi connectivity index (χ1v) is 11.9. The van der Waals surface area contributed by atoms with Crippen LogP contribution >= 0.6 is 0 Å². The number of aliphatic hydroxyl groups excluding tert-OH is 1. The third-order valence-corrected chi connectivity index (χ3v) is 4.88. The fraction of sp³-hybridized carbons (Fsp3) is 0.760. The van der Waals surface area contributed by atoms with E-state index < -0.39 is 12.1 Å². The van der Waals surface area contributed by atoms with Gasteiger partial charge >= 0.3 is 11.9 Å². The number of carbonyl (C=O) groups excluding carboxylic acids is 2. The molecule has 0 aliphatic carbocycles. The average Bonchev–Trinajstić information content (AvgIpc) is 2.74. The molecule has 0 aliphatic rings. The first-order chi connectivity index (χ1) is 14.6. The second kappa shape index (κ2) is 22.1. The van der Waals surface area contributed by atoms with Crippen LogP contribution in [0.5, 0.6) is 0 Å². The number of allylic oxidation sites excluding steroid dienone is 3. The van der Waals surface area contributed by atoms with Crippen molar-refractivity contribution in [2.24, 2.45) is 0 Å². The van der Waals surface area contributed by atoms with Gasteiger partial charge in [0.2, 0.25) is 0 Å². The summed E-state index contributed by atoms with van der Waals surface area (Å²) in [5.41, 5.74) is 0. The highest BCUT2D eigenvalue weighted by Crippen LogP contribution is 2.13. The van der Waals surface area contributed by atoms with Crippen molar-refractivity contribution in [2.45, 2.75) is 110 Å². The monoisotopic (exact) mass is 424 g/mol. The molecule has 1 N–H and O–H groups in total. The van der Waals surface area contributed by atoms with Crippen LogP contribution in [0.25, 0.3) is 0 Å². The number of hydrogen-bond acceptors (Lipinski definition) is 5. The minimum atomic E-state index is -1.00. The van der Waals surface area contributed by atoms with Crippen LogP contribution in [0.2, 0.25) is 0 Å². The highest BCUT2D eigenvalue weighted by atomic mass is 16.6. The summed E-state index contributed by atoms with van der Waals surface area (Å²) in [6.07, 6.45) is 22.1. The molecule has 0 heterocycles. The van der Waals surface area contributed by atoms with E-state index in [0.717, 1.165) is 19.3 Å². The summed E-state index contributed by atoms with van der Waals surface area (Å²) in [6, 6.07) is 0. The number of esters is 2. The number of aliphatic hydroxyl groups is 1. The Kier molecular flexibility index (Phi) is 20.9. The van der Waals surface area contributed by atoms with Crippen molar-refractivity contribution >= 4 is 11.9 Å². The maximum Gasteiger partial charge on any atom is 0.330 e. The second-order valence-electron chi connectivity index (χ2n) is 7.84. The Bertz CT molecular complexity index is 470. The molecule has 0 amide bonds. The van der Waals surface area contributed by atoms with Crippen LogP contribution in [0.15, 0.2) is 24.3 Å². The highest BCUT2D eigenvalue weighted by molar-refractivity contribution is 5.82. The Morgan fingerprint density at radius 3 is 1.80 bits per heavy atom. The number of rotatable bonds is 20. The Labute approximate surface area is 183 Å². The van der Waals surface area contributed by atoms with Crippen LogP contribution in [-0.4, -0.2) is 36.4 Å². The van der Waals surface area contributed by atoms with E-state index in [9.17, 15) is 14.7 Å². The normalized spacial score (nSPS) is 12.5. The summed E-state index contributed by atoms with van der Waals surface area (Å²) < 4.78 is 9.90. The van der Waals surface area contributed by atoms with Gasteiger partial charge in [0.25, 0.3) is 0 Å². The van der Waals surface area contributed by atoms with E-state index >= 15 is 0 Å². The van der Waals surface area contributed by atoms with E-state index in [1.54, 1.807) is 18.2 Å². The minimum absolute atomic E-state index is 0.150. The predicted octanol–water partition coefficient (Wildman–Crippen LogP) is 6.05. The van der Waals surface area contributed by atoms with Crippen molar-refractivity contribution in [3.05, 3.63) is 24.3 Å². The molecule has 30 heavy (non-hydrogen) atoms. The zero-order valence-electron chi connectivity index (χ0n) is 19.3. The third kappa shape index (κ3) is 21.1.